The number of hydrogen-bond donors (Lipinski definition) is 1. The van der Waals surface area contributed by atoms with Crippen LogP contribution >= 0.6 is 23.2 Å². The van der Waals surface area contributed by atoms with Gasteiger partial charge in [0.05, 0.1) is 21.3 Å². The van der Waals surface area contributed by atoms with E-state index in [0.29, 0.717) is 27.1 Å². The topological polar surface area (TPSA) is 56.2 Å². The second-order valence-electron chi connectivity index (χ2n) is 3.77. The number of nitrogens with two attached hydrogens (primary N) is 1. The average Bonchev–Trinajstić information content (AvgIpc) is 2.79. The van der Waals surface area contributed by atoms with E-state index in [1.54, 1.807) is 12.1 Å². The van der Waals surface area contributed by atoms with Crippen molar-refractivity contribution in [3.05, 3.63) is 46.6 Å². The van der Waals surface area contributed by atoms with E-state index < -0.39 is 0 Å². The van der Waals surface area contributed by atoms with Crippen LogP contribution in [0.1, 0.15) is 0 Å². The minimum atomic E-state index is 0.405. The molecule has 0 radical (unpaired) electrons. The molecule has 2 N–H and O–H groups in total. The highest BCUT2D eigenvalue weighted by atomic mass is 35.5. The maximum atomic E-state index is 6.17. The fourth-order valence-corrected chi connectivity index (χ4v) is 2.21. The van der Waals surface area contributed by atoms with Crippen LogP contribution in [0, 0.1) is 0 Å². The lowest BCUT2D eigenvalue weighted by Gasteiger charge is -2.07. The summed E-state index contributed by atoms with van der Waals surface area (Å²) in [6.07, 6.45) is 1.85. The monoisotopic (exact) mass is 278 g/mol. The Morgan fingerprint density at radius 2 is 1.78 bits per heavy atom. The van der Waals surface area contributed by atoms with Crippen molar-refractivity contribution in [1.29, 1.82) is 0 Å². The SMILES string of the molecule is Nc1c(Cl)ccc(Cl)c1-c1nnc2ccccn12. The van der Waals surface area contributed by atoms with Crippen molar-refractivity contribution in [1.82, 2.24) is 14.6 Å². The van der Waals surface area contributed by atoms with Crippen LogP contribution in [0.25, 0.3) is 17.0 Å². The Kier molecular flexibility index (Phi) is 2.61. The zero-order valence-electron chi connectivity index (χ0n) is 9.14. The number of hydrogen-bond acceptors (Lipinski definition) is 3. The second-order valence-corrected chi connectivity index (χ2v) is 4.58. The van der Waals surface area contributed by atoms with Crippen LogP contribution in [0.5, 0.6) is 0 Å². The van der Waals surface area contributed by atoms with E-state index >= 15 is 0 Å². The van der Waals surface area contributed by atoms with Crippen molar-refractivity contribution in [3.63, 3.8) is 0 Å². The molecule has 0 atom stereocenters. The molecule has 0 saturated carbocycles. The van der Waals surface area contributed by atoms with Crippen LogP contribution in [-0.4, -0.2) is 14.6 Å². The summed E-state index contributed by atoms with van der Waals surface area (Å²) in [6.45, 7) is 0. The van der Waals surface area contributed by atoms with E-state index in [1.807, 2.05) is 28.8 Å². The molecule has 0 amide bonds. The van der Waals surface area contributed by atoms with Gasteiger partial charge in [-0.1, -0.05) is 29.3 Å². The molecule has 0 unspecified atom stereocenters. The zero-order valence-corrected chi connectivity index (χ0v) is 10.7. The lowest BCUT2D eigenvalue weighted by atomic mass is 10.1. The molecule has 3 rings (SSSR count). The number of benzene rings is 1. The number of aromatic nitrogens is 3. The average molecular weight is 279 g/mol. The summed E-state index contributed by atoms with van der Waals surface area (Å²) in [6, 6.07) is 8.97. The van der Waals surface area contributed by atoms with Crippen LogP contribution in [0.4, 0.5) is 5.69 Å². The fourth-order valence-electron chi connectivity index (χ4n) is 1.81. The number of nitrogen functional groups attached to an aromatic ring is 1. The molecule has 0 spiro atoms. The molecular weight excluding hydrogens is 271 g/mol. The molecule has 4 nitrogen and oxygen atoms in total. The van der Waals surface area contributed by atoms with Gasteiger partial charge in [-0.15, -0.1) is 10.2 Å². The number of nitrogens with zero attached hydrogens (tertiary/aromatic N) is 3. The molecule has 2 heterocycles. The van der Waals surface area contributed by atoms with Crippen LogP contribution in [0.15, 0.2) is 36.5 Å². The Balaban J connectivity index is 2.36. The molecule has 0 aliphatic heterocycles. The van der Waals surface area contributed by atoms with Crippen molar-refractivity contribution in [2.45, 2.75) is 0 Å². The molecule has 0 bridgehead atoms. The summed E-state index contributed by atoms with van der Waals surface area (Å²) in [5.74, 6) is 0.579. The molecule has 3 aromatic rings. The van der Waals surface area contributed by atoms with Gasteiger partial charge in [0.1, 0.15) is 0 Å². The lowest BCUT2D eigenvalue weighted by Crippen LogP contribution is -1.96. The molecule has 0 fully saturated rings. The predicted molar refractivity (Wildman–Crippen MR) is 72.9 cm³/mol. The molecule has 1 aromatic carbocycles. The number of anilines is 1. The first-order chi connectivity index (χ1) is 8.68. The highest BCUT2D eigenvalue weighted by Gasteiger charge is 2.16. The smallest absolute Gasteiger partial charge is 0.172 e. The van der Waals surface area contributed by atoms with Crippen LogP contribution in [0.2, 0.25) is 10.0 Å². The van der Waals surface area contributed by atoms with E-state index in [4.69, 9.17) is 28.9 Å². The van der Waals surface area contributed by atoms with Gasteiger partial charge in [0.15, 0.2) is 11.5 Å². The van der Waals surface area contributed by atoms with Gasteiger partial charge < -0.3 is 5.73 Å². The Morgan fingerprint density at radius 3 is 2.61 bits per heavy atom. The molecular formula is C12H8Cl2N4. The van der Waals surface area contributed by atoms with Gasteiger partial charge in [-0.3, -0.25) is 4.40 Å². The predicted octanol–water partition coefficient (Wildman–Crippen LogP) is 3.29. The Bertz CT molecular complexity index is 736. The Labute approximate surface area is 113 Å². The first kappa shape index (κ1) is 11.3. The summed E-state index contributed by atoms with van der Waals surface area (Å²) in [5, 5.41) is 9.12. The molecule has 2 aromatic heterocycles. The molecule has 0 aliphatic rings. The molecule has 6 heteroatoms. The maximum absolute atomic E-state index is 6.17. The quantitative estimate of drug-likeness (QED) is 0.695. The first-order valence-electron chi connectivity index (χ1n) is 5.22. The van der Waals surface area contributed by atoms with Gasteiger partial charge in [0, 0.05) is 6.20 Å². The number of fused-ring (bicyclic) bond motifs is 1. The van der Waals surface area contributed by atoms with E-state index in [-0.39, 0.29) is 0 Å². The van der Waals surface area contributed by atoms with Gasteiger partial charge in [-0.25, -0.2) is 0 Å². The maximum Gasteiger partial charge on any atom is 0.172 e. The van der Waals surface area contributed by atoms with E-state index in [1.165, 1.54) is 0 Å². The Hall–Kier alpha value is -1.78. The summed E-state index contributed by atoms with van der Waals surface area (Å²) < 4.78 is 1.81. The molecule has 0 aliphatic carbocycles. The fraction of sp³-hybridized carbons (Fsp3) is 0. The van der Waals surface area contributed by atoms with E-state index in [9.17, 15) is 0 Å². The summed E-state index contributed by atoms with van der Waals surface area (Å²) in [4.78, 5) is 0. The van der Waals surface area contributed by atoms with Gasteiger partial charge in [0.2, 0.25) is 0 Å². The third-order valence-electron chi connectivity index (χ3n) is 2.68. The molecule has 0 saturated heterocycles. The second kappa shape index (κ2) is 4.15. The minimum Gasteiger partial charge on any atom is -0.397 e. The van der Waals surface area contributed by atoms with Crippen LogP contribution < -0.4 is 5.73 Å². The molecule has 90 valence electrons. The zero-order chi connectivity index (χ0) is 12.7. The number of pyridine rings is 1. The van der Waals surface area contributed by atoms with Gasteiger partial charge in [0.25, 0.3) is 0 Å². The highest BCUT2D eigenvalue weighted by molar-refractivity contribution is 6.37. The van der Waals surface area contributed by atoms with Gasteiger partial charge in [-0.05, 0) is 24.3 Å². The Morgan fingerprint density at radius 1 is 1.00 bits per heavy atom. The summed E-state index contributed by atoms with van der Waals surface area (Å²) in [5.41, 5.74) is 7.70. The minimum absolute atomic E-state index is 0.405. The highest BCUT2D eigenvalue weighted by Crippen LogP contribution is 2.36. The first-order valence-corrected chi connectivity index (χ1v) is 5.97. The van der Waals surface area contributed by atoms with Crippen molar-refractivity contribution < 1.29 is 0 Å². The number of halogens is 2. The largest absolute Gasteiger partial charge is 0.397 e. The molecule has 18 heavy (non-hydrogen) atoms. The van der Waals surface area contributed by atoms with Crippen molar-refractivity contribution in [3.8, 4) is 11.4 Å². The van der Waals surface area contributed by atoms with E-state index in [2.05, 4.69) is 10.2 Å². The van der Waals surface area contributed by atoms with Crippen molar-refractivity contribution in [2.24, 2.45) is 0 Å². The summed E-state index contributed by atoms with van der Waals surface area (Å²) in [7, 11) is 0. The van der Waals surface area contributed by atoms with Crippen LogP contribution in [0.3, 0.4) is 0 Å². The third-order valence-corrected chi connectivity index (χ3v) is 3.32. The van der Waals surface area contributed by atoms with Crippen molar-refractivity contribution in [2.75, 3.05) is 5.73 Å². The lowest BCUT2D eigenvalue weighted by molar-refractivity contribution is 1.11. The van der Waals surface area contributed by atoms with Gasteiger partial charge in [-0.2, -0.15) is 0 Å². The van der Waals surface area contributed by atoms with E-state index in [0.717, 1.165) is 5.65 Å². The standard InChI is InChI=1S/C12H8Cl2N4/c13-7-4-5-8(14)11(15)10(7)12-17-16-9-3-1-2-6-18(9)12/h1-6H,15H2. The van der Waals surface area contributed by atoms with Crippen molar-refractivity contribution >= 4 is 34.5 Å². The van der Waals surface area contributed by atoms with Gasteiger partial charge >= 0.3 is 0 Å². The number of rotatable bonds is 1. The summed E-state index contributed by atoms with van der Waals surface area (Å²) >= 11 is 12.2. The third kappa shape index (κ3) is 1.62. The normalized spacial score (nSPS) is 11.0. The van der Waals surface area contributed by atoms with Crippen LogP contribution in [-0.2, 0) is 0 Å².